The molecule has 0 amide bonds. The number of rotatable bonds is 3. The van der Waals surface area contributed by atoms with Gasteiger partial charge in [-0.2, -0.15) is 0 Å². The molecule has 0 unspecified atom stereocenters. The first-order chi connectivity index (χ1) is 10.2. The molecule has 0 fully saturated rings. The van der Waals surface area contributed by atoms with Crippen molar-refractivity contribution in [1.82, 2.24) is 10.3 Å². The molecule has 1 aliphatic rings. The van der Waals surface area contributed by atoms with Crippen LogP contribution in [0.2, 0.25) is 5.02 Å². The summed E-state index contributed by atoms with van der Waals surface area (Å²) in [6.45, 7) is 2.07. The van der Waals surface area contributed by atoms with Crippen LogP contribution in [0.4, 0.5) is 0 Å². The number of thioether (sulfide) groups is 1. The quantitative estimate of drug-likeness (QED) is 0.565. The van der Waals surface area contributed by atoms with Gasteiger partial charge in [-0.15, -0.1) is 24.2 Å². The summed E-state index contributed by atoms with van der Waals surface area (Å²) < 4.78 is 0.878. The van der Waals surface area contributed by atoms with Crippen molar-refractivity contribution in [3.05, 3.63) is 56.8 Å². The molecule has 1 aromatic heterocycles. The molecule has 2 heterocycles. The number of nitrogens with zero attached hydrogens (tertiary/aromatic N) is 1. The van der Waals surface area contributed by atoms with Crippen LogP contribution in [-0.4, -0.2) is 18.1 Å². The molecule has 0 bridgehead atoms. The van der Waals surface area contributed by atoms with Gasteiger partial charge >= 0.3 is 0 Å². The maximum atomic E-state index is 6.44. The van der Waals surface area contributed by atoms with Gasteiger partial charge in [-0.3, -0.25) is 0 Å². The lowest BCUT2D eigenvalue weighted by Gasteiger charge is -2.13. The Hall–Kier alpha value is -0.260. The number of fused-ring (bicyclic) bond motifs is 1. The van der Waals surface area contributed by atoms with E-state index in [0.717, 1.165) is 47.0 Å². The largest absolute Gasteiger partial charge is 0.316 e. The molecular weight excluding hydrogens is 403 g/mol. The zero-order chi connectivity index (χ0) is 14.7. The van der Waals surface area contributed by atoms with Crippen molar-refractivity contribution in [2.45, 2.75) is 23.5 Å². The second-order valence-electron chi connectivity index (χ2n) is 5.00. The first-order valence-corrected chi connectivity index (χ1v) is 9.15. The molecule has 0 saturated heterocycles. The van der Waals surface area contributed by atoms with Crippen LogP contribution in [0.15, 0.2) is 39.8 Å². The molecular formula is C16H17BrCl2N2S. The fourth-order valence-corrected chi connectivity index (χ4v) is 4.33. The molecule has 0 spiro atoms. The van der Waals surface area contributed by atoms with Crippen LogP contribution < -0.4 is 5.32 Å². The number of benzene rings is 1. The van der Waals surface area contributed by atoms with E-state index in [2.05, 4.69) is 38.4 Å². The van der Waals surface area contributed by atoms with E-state index in [-0.39, 0.29) is 12.4 Å². The van der Waals surface area contributed by atoms with Crippen LogP contribution in [0.3, 0.4) is 0 Å². The molecule has 1 aliphatic heterocycles. The Morgan fingerprint density at radius 1 is 1.18 bits per heavy atom. The summed E-state index contributed by atoms with van der Waals surface area (Å²) in [5, 5.41) is 4.31. The van der Waals surface area contributed by atoms with Gasteiger partial charge in [0.05, 0.1) is 10.7 Å². The highest BCUT2D eigenvalue weighted by atomic mass is 79.9. The summed E-state index contributed by atoms with van der Waals surface area (Å²) in [5.74, 6) is 0.836. The van der Waals surface area contributed by atoms with Crippen molar-refractivity contribution in [3.63, 3.8) is 0 Å². The first kappa shape index (κ1) is 18.1. The maximum Gasteiger partial charge on any atom is 0.106 e. The number of nitrogens with one attached hydrogen (secondary N) is 1. The highest BCUT2D eigenvalue weighted by molar-refractivity contribution is 9.10. The summed E-state index contributed by atoms with van der Waals surface area (Å²) >= 11 is 11.6. The summed E-state index contributed by atoms with van der Waals surface area (Å²) in [4.78, 5) is 5.71. The maximum absolute atomic E-state index is 6.44. The van der Waals surface area contributed by atoms with Gasteiger partial charge in [0.25, 0.3) is 0 Å². The zero-order valence-electron chi connectivity index (χ0n) is 11.9. The highest BCUT2D eigenvalue weighted by Gasteiger charge is 2.15. The Morgan fingerprint density at radius 3 is 2.82 bits per heavy atom. The van der Waals surface area contributed by atoms with Gasteiger partial charge in [0.15, 0.2) is 0 Å². The third kappa shape index (κ3) is 4.39. The van der Waals surface area contributed by atoms with Crippen molar-refractivity contribution in [3.8, 4) is 0 Å². The number of halogens is 3. The van der Waals surface area contributed by atoms with Crippen LogP contribution in [-0.2, 0) is 18.6 Å². The van der Waals surface area contributed by atoms with Crippen molar-refractivity contribution in [2.75, 3.05) is 13.1 Å². The van der Waals surface area contributed by atoms with E-state index in [1.807, 2.05) is 18.2 Å². The summed E-state index contributed by atoms with van der Waals surface area (Å²) in [5.41, 5.74) is 3.90. The normalized spacial score (nSPS) is 13.9. The van der Waals surface area contributed by atoms with E-state index in [4.69, 9.17) is 11.6 Å². The number of hydrogen-bond acceptors (Lipinski definition) is 3. The Labute approximate surface area is 155 Å². The smallest absolute Gasteiger partial charge is 0.106 e. The summed E-state index contributed by atoms with van der Waals surface area (Å²) in [6.07, 6.45) is 2.12. The standard InChI is InChI=1S/C16H16BrClN2S.ClH/c17-15-3-1-2-12(20-15)10-21-16-13-7-9-19-8-6-11(13)4-5-14(16)18;/h1-5,19H,6-10H2;1H. The minimum atomic E-state index is 0. The Morgan fingerprint density at radius 2 is 2.00 bits per heavy atom. The van der Waals surface area contributed by atoms with Gasteiger partial charge < -0.3 is 5.32 Å². The van der Waals surface area contributed by atoms with Gasteiger partial charge in [0, 0.05) is 10.6 Å². The van der Waals surface area contributed by atoms with Gasteiger partial charge in [-0.05, 0) is 71.2 Å². The van der Waals surface area contributed by atoms with Gasteiger partial charge in [-0.1, -0.05) is 23.7 Å². The average Bonchev–Trinajstić information content (AvgIpc) is 2.72. The topological polar surface area (TPSA) is 24.9 Å². The van der Waals surface area contributed by atoms with E-state index in [0.29, 0.717) is 0 Å². The molecule has 0 saturated carbocycles. The third-order valence-electron chi connectivity index (χ3n) is 3.57. The average molecular weight is 420 g/mol. The van der Waals surface area contributed by atoms with E-state index in [1.165, 1.54) is 16.0 Å². The highest BCUT2D eigenvalue weighted by Crippen LogP contribution is 2.35. The van der Waals surface area contributed by atoms with Crippen molar-refractivity contribution < 1.29 is 0 Å². The minimum absolute atomic E-state index is 0. The predicted molar refractivity (Wildman–Crippen MR) is 100 cm³/mol. The third-order valence-corrected chi connectivity index (χ3v) is 5.63. The van der Waals surface area contributed by atoms with Crippen LogP contribution in [0, 0.1) is 0 Å². The molecule has 118 valence electrons. The molecule has 3 rings (SSSR count). The van der Waals surface area contributed by atoms with Gasteiger partial charge in [-0.25, -0.2) is 4.98 Å². The van der Waals surface area contributed by atoms with Crippen molar-refractivity contribution in [2.24, 2.45) is 0 Å². The SMILES string of the molecule is Cl.Clc1ccc2c(c1SCc1cccc(Br)n1)CCNCC2. The van der Waals surface area contributed by atoms with E-state index in [1.54, 1.807) is 11.8 Å². The Kier molecular flexibility index (Phi) is 7.03. The lowest BCUT2D eigenvalue weighted by Crippen LogP contribution is -2.16. The van der Waals surface area contributed by atoms with Crippen LogP contribution in [0.1, 0.15) is 16.8 Å². The molecule has 0 atom stereocenters. The number of aromatic nitrogens is 1. The zero-order valence-corrected chi connectivity index (χ0v) is 15.9. The fraction of sp³-hybridized carbons (Fsp3) is 0.312. The fourth-order valence-electron chi connectivity index (χ4n) is 2.54. The number of pyridine rings is 1. The lowest BCUT2D eigenvalue weighted by molar-refractivity contribution is 0.709. The van der Waals surface area contributed by atoms with Crippen LogP contribution in [0.5, 0.6) is 0 Å². The minimum Gasteiger partial charge on any atom is -0.316 e. The van der Waals surface area contributed by atoms with Crippen molar-refractivity contribution in [1.29, 1.82) is 0 Å². The molecule has 1 aromatic carbocycles. The summed E-state index contributed by atoms with van der Waals surface area (Å²) in [7, 11) is 0. The number of hydrogen-bond donors (Lipinski definition) is 1. The van der Waals surface area contributed by atoms with Crippen LogP contribution >= 0.6 is 51.7 Å². The molecule has 0 aliphatic carbocycles. The predicted octanol–water partition coefficient (Wildman–Crippen LogP) is 4.90. The van der Waals surface area contributed by atoms with E-state index < -0.39 is 0 Å². The molecule has 1 N–H and O–H groups in total. The molecule has 6 heteroatoms. The Bertz CT molecular complexity index is 652. The monoisotopic (exact) mass is 418 g/mol. The van der Waals surface area contributed by atoms with Crippen molar-refractivity contribution >= 4 is 51.7 Å². The Balaban J connectivity index is 0.00000176. The molecule has 2 aromatic rings. The second kappa shape index (κ2) is 8.55. The lowest BCUT2D eigenvalue weighted by atomic mass is 10.0. The van der Waals surface area contributed by atoms with Crippen LogP contribution in [0.25, 0.3) is 0 Å². The molecule has 2 nitrogen and oxygen atoms in total. The second-order valence-corrected chi connectivity index (χ2v) is 7.21. The molecule has 0 radical (unpaired) electrons. The molecule has 22 heavy (non-hydrogen) atoms. The first-order valence-electron chi connectivity index (χ1n) is 6.99. The van der Waals surface area contributed by atoms with Gasteiger partial charge in [0.2, 0.25) is 0 Å². The van der Waals surface area contributed by atoms with E-state index in [9.17, 15) is 0 Å². The summed E-state index contributed by atoms with van der Waals surface area (Å²) in [6, 6.07) is 10.2. The van der Waals surface area contributed by atoms with E-state index >= 15 is 0 Å². The van der Waals surface area contributed by atoms with Gasteiger partial charge in [0.1, 0.15) is 4.60 Å².